The molecule has 0 aliphatic heterocycles. The smallest absolute Gasteiger partial charge is 0.264 e. The van der Waals surface area contributed by atoms with E-state index >= 15 is 0 Å². The number of sulfonamides is 1. The van der Waals surface area contributed by atoms with Gasteiger partial charge in [-0.3, -0.25) is 9.12 Å². The molecule has 0 saturated heterocycles. The molecule has 5 rings (SSSR count). The van der Waals surface area contributed by atoms with Crippen LogP contribution in [0.15, 0.2) is 66.0 Å². The summed E-state index contributed by atoms with van der Waals surface area (Å²) in [5.74, 6) is 0.931. The van der Waals surface area contributed by atoms with Crippen molar-refractivity contribution in [2.75, 3.05) is 11.8 Å². The van der Waals surface area contributed by atoms with Crippen LogP contribution in [0.1, 0.15) is 0 Å². The number of methoxy groups -OCH3 is 1. The minimum absolute atomic E-state index is 0.0538. The first-order chi connectivity index (χ1) is 14.5. The van der Waals surface area contributed by atoms with Gasteiger partial charge in [-0.2, -0.15) is 8.75 Å². The van der Waals surface area contributed by atoms with Gasteiger partial charge >= 0.3 is 0 Å². The lowest BCUT2D eigenvalue weighted by Gasteiger charge is -2.13. The van der Waals surface area contributed by atoms with E-state index in [1.54, 1.807) is 40.9 Å². The van der Waals surface area contributed by atoms with Crippen molar-refractivity contribution in [1.29, 1.82) is 0 Å². The van der Waals surface area contributed by atoms with E-state index in [9.17, 15) is 8.42 Å². The quantitative estimate of drug-likeness (QED) is 0.448. The molecule has 0 spiro atoms. The number of anilines is 1. The molecule has 0 fully saturated rings. The minimum atomic E-state index is -3.93. The molecule has 30 heavy (non-hydrogen) atoms. The lowest BCUT2D eigenvalue weighted by molar-refractivity contribution is 0.417. The van der Waals surface area contributed by atoms with Crippen LogP contribution in [0.4, 0.5) is 5.69 Å². The van der Waals surface area contributed by atoms with Crippen molar-refractivity contribution in [2.45, 2.75) is 4.90 Å². The predicted octanol–water partition coefficient (Wildman–Crippen LogP) is 3.21. The van der Waals surface area contributed by atoms with Gasteiger partial charge in [-0.25, -0.2) is 18.4 Å². The highest BCUT2D eigenvalue weighted by Crippen LogP contribution is 2.33. The minimum Gasteiger partial charge on any atom is -0.495 e. The highest BCUT2D eigenvalue weighted by Gasteiger charge is 2.22. The van der Waals surface area contributed by atoms with Crippen LogP contribution in [-0.2, 0) is 10.0 Å². The third kappa shape index (κ3) is 3.13. The molecular weight excluding hydrogens is 424 g/mol. The van der Waals surface area contributed by atoms with E-state index in [1.807, 2.05) is 18.5 Å². The standard InChI is InChI=1S/C19H14N6O3S2/c1-28-16-7-6-12(15-11-25-9-3-8-20-19(25)21-15)10-14(16)24-30(26,27)17-5-2-4-13-18(17)23-29-22-13/h2-11,24H,1H3. The molecule has 3 aromatic heterocycles. The lowest BCUT2D eigenvalue weighted by atomic mass is 10.1. The second-order valence-electron chi connectivity index (χ2n) is 6.36. The molecule has 1 N–H and O–H groups in total. The number of nitrogens with one attached hydrogen (secondary N) is 1. The lowest BCUT2D eigenvalue weighted by Crippen LogP contribution is -2.14. The van der Waals surface area contributed by atoms with Gasteiger partial charge in [0.05, 0.1) is 30.2 Å². The van der Waals surface area contributed by atoms with E-state index < -0.39 is 10.0 Å². The maximum absolute atomic E-state index is 13.1. The van der Waals surface area contributed by atoms with Gasteiger partial charge in [-0.1, -0.05) is 6.07 Å². The fourth-order valence-corrected chi connectivity index (χ4v) is 4.94. The molecule has 0 saturated carbocycles. The molecule has 2 aromatic carbocycles. The average Bonchev–Trinajstić information content (AvgIpc) is 3.40. The van der Waals surface area contributed by atoms with Crippen LogP contribution in [0.2, 0.25) is 0 Å². The van der Waals surface area contributed by atoms with E-state index in [1.165, 1.54) is 13.2 Å². The molecule has 0 atom stereocenters. The third-order valence-corrected chi connectivity index (χ3v) is 6.45. The van der Waals surface area contributed by atoms with Gasteiger partial charge in [0.1, 0.15) is 21.7 Å². The Hall–Kier alpha value is -3.57. The summed E-state index contributed by atoms with van der Waals surface area (Å²) < 4.78 is 44.2. The van der Waals surface area contributed by atoms with E-state index in [-0.39, 0.29) is 4.90 Å². The van der Waals surface area contributed by atoms with Gasteiger partial charge in [0, 0.05) is 24.2 Å². The summed E-state index contributed by atoms with van der Waals surface area (Å²) in [7, 11) is -2.45. The number of fused-ring (bicyclic) bond motifs is 2. The molecular formula is C19H14N6O3S2. The Kier molecular flexibility index (Phi) is 4.33. The van der Waals surface area contributed by atoms with E-state index in [0.717, 1.165) is 11.7 Å². The zero-order valence-electron chi connectivity index (χ0n) is 15.6. The number of ether oxygens (including phenoxy) is 1. The van der Waals surface area contributed by atoms with Crippen molar-refractivity contribution >= 4 is 44.2 Å². The monoisotopic (exact) mass is 438 g/mol. The fourth-order valence-electron chi connectivity index (χ4n) is 3.11. The summed E-state index contributed by atoms with van der Waals surface area (Å²) in [6.45, 7) is 0. The zero-order chi connectivity index (χ0) is 20.7. The molecule has 5 aromatic rings. The fraction of sp³-hybridized carbons (Fsp3) is 0.0526. The molecule has 0 unspecified atom stereocenters. The first-order valence-corrected chi connectivity index (χ1v) is 11.0. The Morgan fingerprint density at radius 3 is 2.87 bits per heavy atom. The number of nitrogens with zero attached hydrogens (tertiary/aromatic N) is 5. The van der Waals surface area contributed by atoms with Crippen LogP contribution in [0.25, 0.3) is 28.1 Å². The first-order valence-electron chi connectivity index (χ1n) is 8.77. The molecule has 9 nitrogen and oxygen atoms in total. The Bertz CT molecular complexity index is 1460. The number of hydrogen-bond acceptors (Lipinski definition) is 8. The first kappa shape index (κ1) is 18.5. The van der Waals surface area contributed by atoms with Crippen LogP contribution < -0.4 is 9.46 Å². The van der Waals surface area contributed by atoms with Crippen molar-refractivity contribution in [3.8, 4) is 17.0 Å². The summed E-state index contributed by atoms with van der Waals surface area (Å²) in [5, 5.41) is 0. The van der Waals surface area contributed by atoms with Crippen molar-refractivity contribution < 1.29 is 13.2 Å². The Balaban J connectivity index is 1.58. The van der Waals surface area contributed by atoms with Gasteiger partial charge < -0.3 is 4.74 Å². The second kappa shape index (κ2) is 7.04. The number of rotatable bonds is 5. The summed E-state index contributed by atoms with van der Waals surface area (Å²) in [5.41, 5.74) is 2.52. The van der Waals surface area contributed by atoms with Gasteiger partial charge in [0.2, 0.25) is 5.78 Å². The van der Waals surface area contributed by atoms with Gasteiger partial charge in [0.15, 0.2) is 0 Å². The van der Waals surface area contributed by atoms with Gasteiger partial charge in [0.25, 0.3) is 10.0 Å². The van der Waals surface area contributed by atoms with E-state index in [0.29, 0.717) is 39.5 Å². The zero-order valence-corrected chi connectivity index (χ0v) is 17.2. The van der Waals surface area contributed by atoms with E-state index in [4.69, 9.17) is 4.74 Å². The largest absolute Gasteiger partial charge is 0.495 e. The van der Waals surface area contributed by atoms with Crippen LogP contribution in [0, 0.1) is 0 Å². The normalized spacial score (nSPS) is 11.8. The van der Waals surface area contributed by atoms with Crippen molar-refractivity contribution in [3.63, 3.8) is 0 Å². The Labute approximate surface area is 175 Å². The molecule has 0 amide bonds. The highest BCUT2D eigenvalue weighted by molar-refractivity contribution is 7.93. The summed E-state index contributed by atoms with van der Waals surface area (Å²) >= 11 is 0.965. The number of aromatic nitrogens is 5. The summed E-state index contributed by atoms with van der Waals surface area (Å²) in [4.78, 5) is 8.75. The van der Waals surface area contributed by atoms with E-state index in [2.05, 4.69) is 23.4 Å². The molecule has 3 heterocycles. The maximum atomic E-state index is 13.1. The van der Waals surface area contributed by atoms with Gasteiger partial charge in [-0.15, -0.1) is 0 Å². The number of imidazole rings is 1. The molecule has 150 valence electrons. The molecule has 0 aliphatic rings. The topological polar surface area (TPSA) is 111 Å². The van der Waals surface area contributed by atoms with Crippen molar-refractivity contribution in [1.82, 2.24) is 23.1 Å². The molecule has 0 radical (unpaired) electrons. The third-order valence-electron chi connectivity index (χ3n) is 4.51. The number of benzene rings is 2. The SMILES string of the molecule is COc1ccc(-c2cn3cccnc3n2)cc1NS(=O)(=O)c1cccc2nsnc12. The maximum Gasteiger partial charge on any atom is 0.264 e. The Morgan fingerprint density at radius 2 is 2.03 bits per heavy atom. The summed E-state index contributed by atoms with van der Waals surface area (Å²) in [6, 6.07) is 11.8. The average molecular weight is 438 g/mol. The molecule has 0 aliphatic carbocycles. The predicted molar refractivity (Wildman–Crippen MR) is 113 cm³/mol. The highest BCUT2D eigenvalue weighted by atomic mass is 32.2. The molecule has 0 bridgehead atoms. The van der Waals surface area contributed by atoms with Crippen LogP contribution >= 0.6 is 11.7 Å². The van der Waals surface area contributed by atoms with Crippen LogP contribution in [-0.4, -0.2) is 38.6 Å². The number of hydrogen-bond donors (Lipinski definition) is 1. The van der Waals surface area contributed by atoms with Crippen molar-refractivity contribution in [2.24, 2.45) is 0 Å². The second-order valence-corrected chi connectivity index (χ2v) is 8.54. The Morgan fingerprint density at radius 1 is 1.13 bits per heavy atom. The summed E-state index contributed by atoms with van der Waals surface area (Å²) in [6.07, 6.45) is 5.33. The van der Waals surface area contributed by atoms with Gasteiger partial charge in [-0.05, 0) is 36.4 Å². The molecule has 11 heteroatoms. The van der Waals surface area contributed by atoms with Crippen LogP contribution in [0.3, 0.4) is 0 Å². The van der Waals surface area contributed by atoms with Crippen LogP contribution in [0.5, 0.6) is 5.75 Å². The van der Waals surface area contributed by atoms with Crippen molar-refractivity contribution in [3.05, 3.63) is 61.1 Å².